The van der Waals surface area contributed by atoms with Crippen molar-refractivity contribution in [2.24, 2.45) is 0 Å². The zero-order valence-electron chi connectivity index (χ0n) is 9.21. The molecule has 2 rings (SSSR count). The number of methoxy groups -OCH3 is 1. The van der Waals surface area contributed by atoms with Gasteiger partial charge in [-0.2, -0.15) is 5.26 Å². The van der Waals surface area contributed by atoms with E-state index < -0.39 is 0 Å². The molecule has 2 heterocycles. The van der Waals surface area contributed by atoms with E-state index in [9.17, 15) is 0 Å². The molecule has 0 saturated carbocycles. The molecule has 0 radical (unpaired) electrons. The van der Waals surface area contributed by atoms with E-state index in [1.54, 1.807) is 19.4 Å². The van der Waals surface area contributed by atoms with Gasteiger partial charge in [0.15, 0.2) is 0 Å². The SMILES string of the molecule is COCC(C)n1c(C#N)cc2cncnc21. The Morgan fingerprint density at radius 1 is 1.62 bits per heavy atom. The third-order valence-corrected chi connectivity index (χ3v) is 2.46. The van der Waals surface area contributed by atoms with Crippen LogP contribution in [0.2, 0.25) is 0 Å². The fourth-order valence-corrected chi connectivity index (χ4v) is 1.82. The average molecular weight is 216 g/mol. The number of fused-ring (bicyclic) bond motifs is 1. The van der Waals surface area contributed by atoms with Crippen LogP contribution in [0.25, 0.3) is 11.0 Å². The summed E-state index contributed by atoms with van der Waals surface area (Å²) in [5.41, 5.74) is 1.36. The van der Waals surface area contributed by atoms with Crippen LogP contribution in [0, 0.1) is 11.3 Å². The lowest BCUT2D eigenvalue weighted by atomic mass is 10.3. The molecular weight excluding hydrogens is 204 g/mol. The van der Waals surface area contributed by atoms with Crippen LogP contribution in [-0.4, -0.2) is 28.3 Å². The quantitative estimate of drug-likeness (QED) is 0.780. The minimum absolute atomic E-state index is 0.0760. The number of nitriles is 1. The molecule has 16 heavy (non-hydrogen) atoms. The minimum Gasteiger partial charge on any atom is -0.383 e. The van der Waals surface area contributed by atoms with Crippen LogP contribution in [0.3, 0.4) is 0 Å². The molecule has 0 fully saturated rings. The van der Waals surface area contributed by atoms with E-state index in [-0.39, 0.29) is 6.04 Å². The summed E-state index contributed by atoms with van der Waals surface area (Å²) in [7, 11) is 1.64. The van der Waals surface area contributed by atoms with E-state index in [4.69, 9.17) is 10.00 Å². The summed E-state index contributed by atoms with van der Waals surface area (Å²) in [6, 6.07) is 4.03. The third-order valence-electron chi connectivity index (χ3n) is 2.46. The normalized spacial score (nSPS) is 12.6. The molecule has 0 aliphatic heterocycles. The van der Waals surface area contributed by atoms with E-state index >= 15 is 0 Å². The van der Waals surface area contributed by atoms with Gasteiger partial charge in [0.1, 0.15) is 23.7 Å². The number of rotatable bonds is 3. The lowest BCUT2D eigenvalue weighted by Crippen LogP contribution is -2.13. The molecule has 0 bridgehead atoms. The molecule has 5 heteroatoms. The lowest BCUT2D eigenvalue weighted by molar-refractivity contribution is 0.163. The first-order valence-electron chi connectivity index (χ1n) is 4.98. The van der Waals surface area contributed by atoms with Crippen LogP contribution >= 0.6 is 0 Å². The maximum absolute atomic E-state index is 9.08. The van der Waals surface area contributed by atoms with Crippen LogP contribution in [0.1, 0.15) is 18.7 Å². The van der Waals surface area contributed by atoms with Crippen LogP contribution in [0.15, 0.2) is 18.6 Å². The van der Waals surface area contributed by atoms with E-state index in [1.807, 2.05) is 11.5 Å². The molecule has 5 nitrogen and oxygen atoms in total. The second-order valence-corrected chi connectivity index (χ2v) is 3.62. The summed E-state index contributed by atoms with van der Waals surface area (Å²) < 4.78 is 6.98. The maximum Gasteiger partial charge on any atom is 0.144 e. The van der Waals surface area contributed by atoms with Gasteiger partial charge >= 0.3 is 0 Å². The maximum atomic E-state index is 9.08. The molecule has 1 atom stereocenters. The number of nitrogens with zero attached hydrogens (tertiary/aromatic N) is 4. The Balaban J connectivity index is 2.61. The largest absolute Gasteiger partial charge is 0.383 e. The van der Waals surface area contributed by atoms with Gasteiger partial charge < -0.3 is 9.30 Å². The molecule has 0 aliphatic rings. The van der Waals surface area contributed by atoms with Gasteiger partial charge in [-0.3, -0.25) is 0 Å². The van der Waals surface area contributed by atoms with Crippen molar-refractivity contribution in [3.05, 3.63) is 24.3 Å². The Morgan fingerprint density at radius 3 is 3.12 bits per heavy atom. The lowest BCUT2D eigenvalue weighted by Gasteiger charge is -2.14. The summed E-state index contributed by atoms with van der Waals surface area (Å²) in [4.78, 5) is 8.14. The van der Waals surface area contributed by atoms with E-state index in [1.165, 1.54) is 6.33 Å². The molecule has 0 saturated heterocycles. The first kappa shape index (κ1) is 10.6. The van der Waals surface area contributed by atoms with Crippen molar-refractivity contribution in [1.29, 1.82) is 5.26 Å². The molecule has 0 spiro atoms. The average Bonchev–Trinajstić information content (AvgIpc) is 2.67. The van der Waals surface area contributed by atoms with Crippen molar-refractivity contribution in [1.82, 2.24) is 14.5 Å². The second-order valence-electron chi connectivity index (χ2n) is 3.62. The molecule has 0 aliphatic carbocycles. The van der Waals surface area contributed by atoms with Gasteiger partial charge in [-0.05, 0) is 13.0 Å². The summed E-state index contributed by atoms with van der Waals surface area (Å²) in [6.45, 7) is 2.54. The van der Waals surface area contributed by atoms with Gasteiger partial charge in [0.25, 0.3) is 0 Å². The molecule has 82 valence electrons. The standard InChI is InChI=1S/C11H12N4O/c1-8(6-16-2)15-10(4-12)3-9-5-13-7-14-11(9)15/h3,5,7-8H,6H2,1-2H3. The van der Waals surface area contributed by atoms with Crippen molar-refractivity contribution in [3.8, 4) is 6.07 Å². The van der Waals surface area contributed by atoms with E-state index in [2.05, 4.69) is 16.0 Å². The Bertz CT molecular complexity index is 540. The molecule has 2 aromatic rings. The monoisotopic (exact) mass is 216 g/mol. The van der Waals surface area contributed by atoms with Crippen LogP contribution in [-0.2, 0) is 4.74 Å². The molecule has 0 amide bonds. The van der Waals surface area contributed by atoms with Crippen molar-refractivity contribution in [3.63, 3.8) is 0 Å². The van der Waals surface area contributed by atoms with Crippen molar-refractivity contribution in [2.75, 3.05) is 13.7 Å². The smallest absolute Gasteiger partial charge is 0.144 e. The van der Waals surface area contributed by atoms with Gasteiger partial charge in [-0.15, -0.1) is 0 Å². The summed E-state index contributed by atoms with van der Waals surface area (Å²) in [5.74, 6) is 0. The number of hydrogen-bond donors (Lipinski definition) is 0. The van der Waals surface area contributed by atoms with Crippen molar-refractivity contribution in [2.45, 2.75) is 13.0 Å². The summed E-state index contributed by atoms with van der Waals surface area (Å²) in [6.07, 6.45) is 3.19. The molecular formula is C11H12N4O. The van der Waals surface area contributed by atoms with Gasteiger partial charge in [0.2, 0.25) is 0 Å². The fraction of sp³-hybridized carbons (Fsp3) is 0.364. The number of aromatic nitrogens is 3. The third kappa shape index (κ3) is 1.64. The number of hydrogen-bond acceptors (Lipinski definition) is 4. The Kier molecular flexibility index (Phi) is 2.84. The predicted molar refractivity (Wildman–Crippen MR) is 58.8 cm³/mol. The first-order chi connectivity index (χ1) is 7.77. The van der Waals surface area contributed by atoms with Crippen LogP contribution < -0.4 is 0 Å². The predicted octanol–water partition coefficient (Wildman–Crippen LogP) is 1.51. The number of ether oxygens (including phenoxy) is 1. The van der Waals surface area contributed by atoms with Crippen LogP contribution in [0.4, 0.5) is 0 Å². The molecule has 0 N–H and O–H groups in total. The van der Waals surface area contributed by atoms with Gasteiger partial charge in [-0.25, -0.2) is 9.97 Å². The fourth-order valence-electron chi connectivity index (χ4n) is 1.82. The molecule has 2 aromatic heterocycles. The Hall–Kier alpha value is -1.93. The first-order valence-corrected chi connectivity index (χ1v) is 4.98. The zero-order valence-corrected chi connectivity index (χ0v) is 9.21. The summed E-state index contributed by atoms with van der Waals surface area (Å²) in [5, 5.41) is 9.95. The highest BCUT2D eigenvalue weighted by Crippen LogP contribution is 2.21. The van der Waals surface area contributed by atoms with Crippen molar-refractivity contribution < 1.29 is 4.74 Å². The van der Waals surface area contributed by atoms with Gasteiger partial charge in [-0.1, -0.05) is 0 Å². The molecule has 0 aromatic carbocycles. The topological polar surface area (TPSA) is 63.7 Å². The highest BCUT2D eigenvalue weighted by atomic mass is 16.5. The van der Waals surface area contributed by atoms with Crippen LogP contribution in [0.5, 0.6) is 0 Å². The summed E-state index contributed by atoms with van der Waals surface area (Å²) >= 11 is 0. The Morgan fingerprint density at radius 2 is 2.44 bits per heavy atom. The highest BCUT2D eigenvalue weighted by Gasteiger charge is 2.14. The minimum atomic E-state index is 0.0760. The van der Waals surface area contributed by atoms with Gasteiger partial charge in [0.05, 0.1) is 12.6 Å². The second kappa shape index (κ2) is 4.29. The van der Waals surface area contributed by atoms with E-state index in [0.29, 0.717) is 12.3 Å². The van der Waals surface area contributed by atoms with Crippen molar-refractivity contribution >= 4 is 11.0 Å². The zero-order chi connectivity index (χ0) is 11.5. The Labute approximate surface area is 93.3 Å². The highest BCUT2D eigenvalue weighted by molar-refractivity contribution is 5.77. The van der Waals surface area contributed by atoms with E-state index in [0.717, 1.165) is 11.0 Å². The molecule has 1 unspecified atom stereocenters. The van der Waals surface area contributed by atoms with Gasteiger partial charge in [0, 0.05) is 18.7 Å².